The summed E-state index contributed by atoms with van der Waals surface area (Å²) in [5.74, 6) is 0.0394. The van der Waals surface area contributed by atoms with Crippen LogP contribution in [0.4, 0.5) is 4.79 Å². The first kappa shape index (κ1) is 14.4. The number of carbonyl (C=O) groups is 1. The molecule has 2 aliphatic heterocycles. The number of hydrogen-bond acceptors (Lipinski definition) is 3. The normalized spacial score (nSPS) is 32.4. The zero-order valence-electron chi connectivity index (χ0n) is 12.2. The number of piperidine rings is 1. The molecule has 5 heteroatoms. The number of carbonyl (C=O) groups excluding carboxylic acids is 1. The lowest BCUT2D eigenvalue weighted by atomic mass is 9.85. The van der Waals surface area contributed by atoms with Crippen LogP contribution in [0.1, 0.15) is 18.9 Å². The van der Waals surface area contributed by atoms with Gasteiger partial charge in [0.15, 0.2) is 0 Å². The second-order valence-corrected chi connectivity index (χ2v) is 6.12. The van der Waals surface area contributed by atoms with Gasteiger partial charge in [-0.25, -0.2) is 4.79 Å². The Labute approximate surface area is 124 Å². The Hall–Kier alpha value is -1.59. The van der Waals surface area contributed by atoms with E-state index in [0.29, 0.717) is 19.5 Å². The summed E-state index contributed by atoms with van der Waals surface area (Å²) >= 11 is 0. The van der Waals surface area contributed by atoms with Crippen LogP contribution >= 0.6 is 0 Å². The molecule has 1 aromatic carbocycles. The number of fused-ring (bicyclic) bond motifs is 1. The Morgan fingerprint density at radius 1 is 1.29 bits per heavy atom. The molecule has 2 fully saturated rings. The monoisotopic (exact) mass is 290 g/mol. The van der Waals surface area contributed by atoms with Gasteiger partial charge in [-0.2, -0.15) is 0 Å². The van der Waals surface area contributed by atoms with Crippen molar-refractivity contribution in [1.29, 1.82) is 0 Å². The van der Waals surface area contributed by atoms with Crippen molar-refractivity contribution in [2.45, 2.75) is 38.1 Å². The maximum atomic E-state index is 12.6. The summed E-state index contributed by atoms with van der Waals surface area (Å²) in [6, 6.07) is 9.59. The average molecular weight is 290 g/mol. The molecule has 0 aromatic heterocycles. The predicted molar refractivity (Wildman–Crippen MR) is 78.5 cm³/mol. The highest BCUT2D eigenvalue weighted by atomic mass is 16.3. The number of hydrogen-bond donors (Lipinski definition) is 2. The van der Waals surface area contributed by atoms with E-state index in [4.69, 9.17) is 0 Å². The van der Waals surface area contributed by atoms with Gasteiger partial charge in [-0.3, -0.25) is 0 Å². The van der Waals surface area contributed by atoms with Gasteiger partial charge in [0.25, 0.3) is 0 Å². The fraction of sp³-hybridized carbons (Fsp3) is 0.562. The molecule has 114 valence electrons. The lowest BCUT2D eigenvalue weighted by Crippen LogP contribution is -2.55. The zero-order valence-corrected chi connectivity index (χ0v) is 12.2. The first-order valence-corrected chi connectivity index (χ1v) is 7.52. The summed E-state index contributed by atoms with van der Waals surface area (Å²) in [7, 11) is 0. The van der Waals surface area contributed by atoms with Crippen LogP contribution in [0.5, 0.6) is 0 Å². The van der Waals surface area contributed by atoms with E-state index < -0.39 is 6.10 Å². The molecule has 2 N–H and O–H groups in total. The summed E-state index contributed by atoms with van der Waals surface area (Å²) in [6.07, 6.45) is 0.00638. The minimum absolute atomic E-state index is 0.0119. The van der Waals surface area contributed by atoms with Crippen LogP contribution in [0.3, 0.4) is 0 Å². The Morgan fingerprint density at radius 2 is 2.00 bits per heavy atom. The molecule has 3 rings (SSSR count). The maximum Gasteiger partial charge on any atom is 0.321 e. The third kappa shape index (κ3) is 2.51. The average Bonchev–Trinajstić information content (AvgIpc) is 2.82. The van der Waals surface area contributed by atoms with Gasteiger partial charge in [-0.15, -0.1) is 0 Å². The van der Waals surface area contributed by atoms with Gasteiger partial charge < -0.3 is 20.0 Å². The van der Waals surface area contributed by atoms with Crippen LogP contribution in [0.25, 0.3) is 0 Å². The third-order valence-corrected chi connectivity index (χ3v) is 4.80. The van der Waals surface area contributed by atoms with Crippen LogP contribution in [0, 0.1) is 5.92 Å². The quantitative estimate of drug-likeness (QED) is 0.875. The minimum atomic E-state index is -0.451. The molecule has 2 heterocycles. The Morgan fingerprint density at radius 3 is 2.67 bits per heavy atom. The molecule has 2 amide bonds. The number of aliphatic hydroxyl groups is 2. The standard InChI is InChI=1S/C16H22N2O3/c1-11-14-9-17(8-12-5-3-2-4-6-12)16(21)18(14)13(10-19)7-15(11)20/h2-6,11,13-15,19-20H,7-10H2,1H3/t11-,13-,14-,15+/m1/s1. The zero-order chi connectivity index (χ0) is 15.0. The van der Waals surface area contributed by atoms with Gasteiger partial charge in [-0.1, -0.05) is 37.3 Å². The topological polar surface area (TPSA) is 64.0 Å². The second kappa shape index (κ2) is 5.66. The lowest BCUT2D eigenvalue weighted by Gasteiger charge is -2.42. The van der Waals surface area contributed by atoms with E-state index in [-0.39, 0.29) is 30.6 Å². The molecule has 4 atom stereocenters. The summed E-state index contributed by atoms with van der Waals surface area (Å²) in [5.41, 5.74) is 1.10. The molecular formula is C16H22N2O3. The molecule has 2 saturated heterocycles. The molecule has 0 saturated carbocycles. The van der Waals surface area contributed by atoms with Crippen molar-refractivity contribution in [2.75, 3.05) is 13.2 Å². The van der Waals surface area contributed by atoms with Gasteiger partial charge >= 0.3 is 6.03 Å². The van der Waals surface area contributed by atoms with Gasteiger partial charge in [0, 0.05) is 19.0 Å². The molecule has 1 aromatic rings. The van der Waals surface area contributed by atoms with E-state index in [1.807, 2.05) is 42.2 Å². The van der Waals surface area contributed by atoms with Crippen LogP contribution < -0.4 is 0 Å². The van der Waals surface area contributed by atoms with Crippen molar-refractivity contribution in [1.82, 2.24) is 9.80 Å². The van der Waals surface area contributed by atoms with E-state index in [9.17, 15) is 15.0 Å². The van der Waals surface area contributed by atoms with E-state index in [1.165, 1.54) is 0 Å². The van der Waals surface area contributed by atoms with E-state index in [0.717, 1.165) is 5.56 Å². The van der Waals surface area contributed by atoms with Crippen LogP contribution in [-0.4, -0.2) is 57.4 Å². The molecule has 0 aliphatic carbocycles. The van der Waals surface area contributed by atoms with Crippen LogP contribution in [0.15, 0.2) is 30.3 Å². The van der Waals surface area contributed by atoms with Crippen molar-refractivity contribution < 1.29 is 15.0 Å². The fourth-order valence-corrected chi connectivity index (χ4v) is 3.51. The fourth-order valence-electron chi connectivity index (χ4n) is 3.51. The smallest absolute Gasteiger partial charge is 0.321 e. The van der Waals surface area contributed by atoms with Crippen molar-refractivity contribution in [3.05, 3.63) is 35.9 Å². The molecule has 0 radical (unpaired) electrons. The molecule has 2 aliphatic rings. The highest BCUT2D eigenvalue weighted by Crippen LogP contribution is 2.34. The highest BCUT2D eigenvalue weighted by Gasteiger charge is 2.48. The van der Waals surface area contributed by atoms with Gasteiger partial charge in [0.05, 0.1) is 24.8 Å². The minimum Gasteiger partial charge on any atom is -0.394 e. The number of aliphatic hydroxyl groups excluding tert-OH is 2. The highest BCUT2D eigenvalue weighted by molar-refractivity contribution is 5.78. The third-order valence-electron chi connectivity index (χ3n) is 4.80. The summed E-state index contributed by atoms with van der Waals surface area (Å²) in [5, 5.41) is 19.6. The number of urea groups is 1. The molecule has 0 bridgehead atoms. The van der Waals surface area contributed by atoms with Crippen molar-refractivity contribution in [2.24, 2.45) is 5.92 Å². The molecule has 21 heavy (non-hydrogen) atoms. The van der Waals surface area contributed by atoms with Crippen LogP contribution in [0.2, 0.25) is 0 Å². The Balaban J connectivity index is 1.79. The number of benzene rings is 1. The molecule has 0 unspecified atom stereocenters. The van der Waals surface area contributed by atoms with Gasteiger partial charge in [0.2, 0.25) is 0 Å². The maximum absolute atomic E-state index is 12.6. The summed E-state index contributed by atoms with van der Waals surface area (Å²) < 4.78 is 0. The molecule has 5 nitrogen and oxygen atoms in total. The van der Waals surface area contributed by atoms with Gasteiger partial charge in [0.1, 0.15) is 0 Å². The Kier molecular flexibility index (Phi) is 3.87. The SMILES string of the molecule is C[C@@H]1[C@H]2CN(Cc3ccccc3)C(=O)N2[C@@H](CO)C[C@@H]1O. The lowest BCUT2D eigenvalue weighted by molar-refractivity contribution is -0.0204. The van der Waals surface area contributed by atoms with Crippen molar-refractivity contribution in [3.63, 3.8) is 0 Å². The summed E-state index contributed by atoms with van der Waals surface area (Å²) in [4.78, 5) is 16.2. The van der Waals surface area contributed by atoms with Gasteiger partial charge in [-0.05, 0) is 12.0 Å². The number of amides is 2. The molecular weight excluding hydrogens is 268 g/mol. The van der Waals surface area contributed by atoms with Crippen LogP contribution in [-0.2, 0) is 6.54 Å². The van der Waals surface area contributed by atoms with Crippen molar-refractivity contribution >= 4 is 6.03 Å². The first-order chi connectivity index (χ1) is 10.1. The summed E-state index contributed by atoms with van der Waals surface area (Å²) in [6.45, 7) is 3.08. The number of nitrogens with zero attached hydrogens (tertiary/aromatic N) is 2. The molecule has 0 spiro atoms. The van der Waals surface area contributed by atoms with E-state index >= 15 is 0 Å². The largest absolute Gasteiger partial charge is 0.394 e. The Bertz CT molecular complexity index is 508. The van der Waals surface area contributed by atoms with Crippen molar-refractivity contribution in [3.8, 4) is 0 Å². The predicted octanol–water partition coefficient (Wildman–Crippen LogP) is 1.05. The number of rotatable bonds is 3. The van der Waals surface area contributed by atoms with E-state index in [1.54, 1.807) is 4.90 Å². The van der Waals surface area contributed by atoms with E-state index in [2.05, 4.69) is 0 Å². The first-order valence-electron chi connectivity index (χ1n) is 7.52. The second-order valence-electron chi connectivity index (χ2n) is 6.12.